The van der Waals surface area contributed by atoms with Crippen molar-refractivity contribution in [2.24, 2.45) is 5.92 Å². The zero-order valence-corrected chi connectivity index (χ0v) is 11.5. The Morgan fingerprint density at radius 3 is 2.73 bits per heavy atom. The Bertz CT molecular complexity index is 666. The van der Waals surface area contributed by atoms with Crippen molar-refractivity contribution in [2.75, 3.05) is 0 Å². The third-order valence-corrected chi connectivity index (χ3v) is 3.48. The van der Waals surface area contributed by atoms with E-state index in [1.165, 1.54) is 18.3 Å². The minimum atomic E-state index is -4.50. The second kappa shape index (κ2) is 6.33. The van der Waals surface area contributed by atoms with Gasteiger partial charge < -0.3 is 5.11 Å². The lowest BCUT2D eigenvalue weighted by Crippen LogP contribution is -2.22. The summed E-state index contributed by atoms with van der Waals surface area (Å²) in [5.74, 6) is -3.37. The molecule has 0 aliphatic heterocycles. The van der Waals surface area contributed by atoms with Gasteiger partial charge in [0.1, 0.15) is 11.3 Å². The number of rotatable bonds is 6. The first-order chi connectivity index (χ1) is 10.3. The number of aliphatic carboxylic acids is 1. The van der Waals surface area contributed by atoms with Gasteiger partial charge in [-0.05, 0) is 30.9 Å². The SMILES string of the molecule is O=C(O)C(CCCc1ccc(F)c2[nH]ncc12)CC(F)(F)F. The molecule has 2 N–H and O–H groups in total. The summed E-state index contributed by atoms with van der Waals surface area (Å²) in [5.41, 5.74) is 0.962. The lowest BCUT2D eigenvalue weighted by molar-refractivity contribution is -0.164. The third-order valence-electron chi connectivity index (χ3n) is 3.48. The summed E-state index contributed by atoms with van der Waals surface area (Å²) in [5, 5.41) is 15.6. The van der Waals surface area contributed by atoms with E-state index >= 15 is 0 Å². The minimum Gasteiger partial charge on any atom is -0.481 e. The Kier molecular flexibility index (Phi) is 4.68. The Morgan fingerprint density at radius 2 is 2.09 bits per heavy atom. The molecule has 0 bridgehead atoms. The molecule has 2 aromatic rings. The first kappa shape index (κ1) is 16.3. The number of halogens is 4. The van der Waals surface area contributed by atoms with Crippen LogP contribution in [-0.2, 0) is 11.2 Å². The van der Waals surface area contributed by atoms with E-state index in [4.69, 9.17) is 5.11 Å². The number of aryl methyl sites for hydroxylation is 1. The Morgan fingerprint density at radius 1 is 1.36 bits per heavy atom. The molecule has 0 aliphatic carbocycles. The van der Waals surface area contributed by atoms with Crippen LogP contribution >= 0.6 is 0 Å². The van der Waals surface area contributed by atoms with Crippen molar-refractivity contribution in [3.63, 3.8) is 0 Å². The summed E-state index contributed by atoms with van der Waals surface area (Å²) >= 11 is 0. The predicted molar refractivity (Wildman–Crippen MR) is 70.8 cm³/mol. The van der Waals surface area contributed by atoms with E-state index in [0.29, 0.717) is 11.8 Å². The van der Waals surface area contributed by atoms with Gasteiger partial charge in [-0.1, -0.05) is 6.07 Å². The van der Waals surface area contributed by atoms with Crippen LogP contribution in [0.5, 0.6) is 0 Å². The monoisotopic (exact) mass is 318 g/mol. The molecule has 120 valence electrons. The molecule has 0 spiro atoms. The molecule has 4 nitrogen and oxygen atoms in total. The van der Waals surface area contributed by atoms with E-state index in [9.17, 15) is 22.4 Å². The summed E-state index contributed by atoms with van der Waals surface area (Å²) in [6, 6.07) is 2.78. The molecule has 1 unspecified atom stereocenters. The summed E-state index contributed by atoms with van der Waals surface area (Å²) in [6.07, 6.45) is -3.87. The highest BCUT2D eigenvalue weighted by Crippen LogP contribution is 2.28. The number of carbonyl (C=O) groups is 1. The number of hydrogen-bond acceptors (Lipinski definition) is 2. The van der Waals surface area contributed by atoms with Gasteiger partial charge in [0.2, 0.25) is 0 Å². The van der Waals surface area contributed by atoms with Crippen molar-refractivity contribution in [2.45, 2.75) is 31.9 Å². The lowest BCUT2D eigenvalue weighted by Gasteiger charge is -2.14. The van der Waals surface area contributed by atoms with Gasteiger partial charge in [-0.3, -0.25) is 9.89 Å². The molecule has 1 aromatic carbocycles. The standard InChI is InChI=1S/C14H14F4N2O2/c15-11-5-4-8(10-7-19-20-12(10)11)2-1-3-9(13(21)22)6-14(16,17)18/h4-5,7,9H,1-3,6H2,(H,19,20)(H,21,22). The molecule has 0 aliphatic rings. The number of alkyl halides is 3. The fraction of sp³-hybridized carbons (Fsp3) is 0.429. The number of aromatic nitrogens is 2. The van der Waals surface area contributed by atoms with Gasteiger partial charge in [0.15, 0.2) is 0 Å². The van der Waals surface area contributed by atoms with Gasteiger partial charge in [0, 0.05) is 5.39 Å². The van der Waals surface area contributed by atoms with Gasteiger partial charge >= 0.3 is 12.1 Å². The maximum absolute atomic E-state index is 13.5. The van der Waals surface area contributed by atoms with E-state index in [-0.39, 0.29) is 18.4 Å². The second-order valence-corrected chi connectivity index (χ2v) is 5.11. The Labute approximate surface area is 123 Å². The van der Waals surface area contributed by atoms with E-state index < -0.39 is 30.3 Å². The quantitative estimate of drug-likeness (QED) is 0.799. The number of carboxylic acids is 1. The number of benzene rings is 1. The molecule has 0 amide bonds. The van der Waals surface area contributed by atoms with Crippen LogP contribution in [0.1, 0.15) is 24.8 Å². The van der Waals surface area contributed by atoms with E-state index in [1.807, 2.05) is 0 Å². The third kappa shape index (κ3) is 3.96. The van der Waals surface area contributed by atoms with Crippen LogP contribution in [0.3, 0.4) is 0 Å². The maximum atomic E-state index is 13.5. The van der Waals surface area contributed by atoms with Crippen molar-refractivity contribution in [3.05, 3.63) is 29.7 Å². The Hall–Kier alpha value is -2.12. The van der Waals surface area contributed by atoms with Gasteiger partial charge in [0.25, 0.3) is 0 Å². The van der Waals surface area contributed by atoms with Crippen molar-refractivity contribution in [3.8, 4) is 0 Å². The summed E-state index contributed by atoms with van der Waals surface area (Å²) in [7, 11) is 0. The molecule has 22 heavy (non-hydrogen) atoms. The molecular formula is C14H14F4N2O2. The molecule has 0 saturated heterocycles. The molecule has 1 aromatic heterocycles. The van der Waals surface area contributed by atoms with Gasteiger partial charge in [-0.2, -0.15) is 18.3 Å². The first-order valence-corrected chi connectivity index (χ1v) is 6.68. The number of H-pyrrole nitrogens is 1. The average Bonchev–Trinajstić information content (AvgIpc) is 2.89. The second-order valence-electron chi connectivity index (χ2n) is 5.11. The number of aromatic amines is 1. The van der Waals surface area contributed by atoms with E-state index in [1.54, 1.807) is 0 Å². The molecule has 1 heterocycles. The minimum absolute atomic E-state index is 0.0917. The van der Waals surface area contributed by atoms with Crippen LogP contribution in [0.4, 0.5) is 17.6 Å². The van der Waals surface area contributed by atoms with Crippen LogP contribution in [0.15, 0.2) is 18.3 Å². The largest absolute Gasteiger partial charge is 0.481 e. The molecule has 8 heteroatoms. The number of carboxylic acid groups (broad SMARTS) is 1. The lowest BCUT2D eigenvalue weighted by atomic mass is 9.95. The van der Waals surface area contributed by atoms with E-state index in [0.717, 1.165) is 5.56 Å². The van der Waals surface area contributed by atoms with Crippen molar-refractivity contribution >= 4 is 16.9 Å². The summed E-state index contributed by atoms with van der Waals surface area (Å²) < 4.78 is 50.4. The first-order valence-electron chi connectivity index (χ1n) is 6.68. The van der Waals surface area contributed by atoms with Crippen LogP contribution in [-0.4, -0.2) is 27.4 Å². The molecule has 0 radical (unpaired) electrons. The van der Waals surface area contributed by atoms with E-state index in [2.05, 4.69) is 10.2 Å². The maximum Gasteiger partial charge on any atom is 0.389 e. The fourth-order valence-electron chi connectivity index (χ4n) is 2.41. The molecule has 0 saturated carbocycles. The van der Waals surface area contributed by atoms with Crippen LogP contribution in [0.25, 0.3) is 10.9 Å². The highest BCUT2D eigenvalue weighted by Gasteiger charge is 2.34. The number of nitrogens with one attached hydrogen (secondary N) is 1. The van der Waals surface area contributed by atoms with Gasteiger partial charge in [-0.15, -0.1) is 0 Å². The molecular weight excluding hydrogens is 304 g/mol. The normalized spacial score (nSPS) is 13.5. The smallest absolute Gasteiger partial charge is 0.389 e. The zero-order chi connectivity index (χ0) is 16.3. The van der Waals surface area contributed by atoms with Crippen molar-refractivity contribution in [1.82, 2.24) is 10.2 Å². The highest BCUT2D eigenvalue weighted by molar-refractivity contribution is 5.82. The number of fused-ring (bicyclic) bond motifs is 1. The van der Waals surface area contributed by atoms with Gasteiger partial charge in [-0.25, -0.2) is 4.39 Å². The number of nitrogens with zero attached hydrogens (tertiary/aromatic N) is 1. The predicted octanol–water partition coefficient (Wildman–Crippen LogP) is 3.68. The van der Waals surface area contributed by atoms with Crippen molar-refractivity contribution in [1.29, 1.82) is 0 Å². The Balaban J connectivity index is 2.01. The zero-order valence-electron chi connectivity index (χ0n) is 11.5. The van der Waals surface area contributed by atoms with Crippen LogP contribution in [0.2, 0.25) is 0 Å². The topological polar surface area (TPSA) is 66.0 Å². The highest BCUT2D eigenvalue weighted by atomic mass is 19.4. The van der Waals surface area contributed by atoms with Crippen molar-refractivity contribution < 1.29 is 27.5 Å². The summed E-state index contributed by atoms with van der Waals surface area (Å²) in [6.45, 7) is 0. The van der Waals surface area contributed by atoms with Gasteiger partial charge in [0.05, 0.1) is 18.5 Å². The number of hydrogen-bond donors (Lipinski definition) is 2. The fourth-order valence-corrected chi connectivity index (χ4v) is 2.41. The molecule has 0 fully saturated rings. The van der Waals surface area contributed by atoms with Crippen LogP contribution < -0.4 is 0 Å². The molecule has 1 atom stereocenters. The average molecular weight is 318 g/mol. The summed E-state index contributed by atoms with van der Waals surface area (Å²) in [4.78, 5) is 10.9. The molecule has 2 rings (SSSR count). The van der Waals surface area contributed by atoms with Crippen LogP contribution in [0, 0.1) is 11.7 Å².